The lowest BCUT2D eigenvalue weighted by Gasteiger charge is -2.26. The van der Waals surface area contributed by atoms with Crippen LogP contribution in [0.4, 0.5) is 4.39 Å². The maximum atomic E-state index is 14.7. The summed E-state index contributed by atoms with van der Waals surface area (Å²) in [5.41, 5.74) is 1.52. The molecule has 0 aliphatic carbocycles. The van der Waals surface area contributed by atoms with Crippen LogP contribution in [-0.4, -0.2) is 56.5 Å². The highest BCUT2D eigenvalue weighted by molar-refractivity contribution is 5.94. The highest BCUT2D eigenvalue weighted by Gasteiger charge is 2.27. The second-order valence-electron chi connectivity index (χ2n) is 10.7. The molecule has 2 atom stereocenters. The van der Waals surface area contributed by atoms with Crippen molar-refractivity contribution < 1.29 is 18.8 Å². The van der Waals surface area contributed by atoms with Gasteiger partial charge in [-0.2, -0.15) is 5.10 Å². The van der Waals surface area contributed by atoms with E-state index < -0.39 is 23.8 Å². The molecule has 0 saturated carbocycles. The quantitative estimate of drug-likeness (QED) is 0.512. The first-order valence-corrected chi connectivity index (χ1v) is 13.8. The van der Waals surface area contributed by atoms with Crippen molar-refractivity contribution in [3.63, 3.8) is 0 Å². The van der Waals surface area contributed by atoms with E-state index in [1.54, 1.807) is 22.6 Å². The predicted octanol–water partition coefficient (Wildman–Crippen LogP) is 4.04. The van der Waals surface area contributed by atoms with E-state index in [1.165, 1.54) is 12.1 Å². The van der Waals surface area contributed by atoms with Crippen LogP contribution in [-0.2, 0) is 16.1 Å². The number of benzene rings is 2. The number of hydrogen-bond acceptors (Lipinski definition) is 5. The molecule has 2 aromatic carbocycles. The van der Waals surface area contributed by atoms with Gasteiger partial charge in [0, 0.05) is 25.1 Å². The third kappa shape index (κ3) is 7.11. The van der Waals surface area contributed by atoms with Gasteiger partial charge in [0.1, 0.15) is 17.7 Å². The van der Waals surface area contributed by atoms with Crippen molar-refractivity contribution in [2.45, 2.75) is 65.6 Å². The summed E-state index contributed by atoms with van der Waals surface area (Å²) in [6, 6.07) is 12.8. The Morgan fingerprint density at radius 1 is 1.07 bits per heavy atom. The van der Waals surface area contributed by atoms with Gasteiger partial charge in [-0.15, -0.1) is 0 Å². The summed E-state index contributed by atoms with van der Waals surface area (Å²) in [6.45, 7) is 8.30. The lowest BCUT2D eigenvalue weighted by Crippen LogP contribution is -2.48. The Balaban J connectivity index is 1.69. The number of hydrogen-bond donors (Lipinski definition) is 2. The predicted molar refractivity (Wildman–Crippen MR) is 150 cm³/mol. The number of aromatic nitrogens is 3. The van der Waals surface area contributed by atoms with Gasteiger partial charge in [0.2, 0.25) is 11.8 Å². The number of halogens is 1. The van der Waals surface area contributed by atoms with Gasteiger partial charge in [-0.1, -0.05) is 50.2 Å². The zero-order valence-corrected chi connectivity index (χ0v) is 23.5. The molecular formula is C30H37FN6O3. The highest BCUT2D eigenvalue weighted by atomic mass is 19.1. The normalized spacial score (nSPS) is 19.0. The maximum Gasteiger partial charge on any atom is 0.256 e. The molecule has 3 amide bonds. The molecule has 2 N–H and O–H groups in total. The van der Waals surface area contributed by atoms with Crippen LogP contribution < -0.4 is 10.6 Å². The summed E-state index contributed by atoms with van der Waals surface area (Å²) in [5, 5.41) is 10.6. The number of rotatable bonds is 4. The van der Waals surface area contributed by atoms with Crippen molar-refractivity contribution in [3.8, 4) is 11.4 Å². The zero-order valence-electron chi connectivity index (χ0n) is 23.5. The van der Waals surface area contributed by atoms with Gasteiger partial charge >= 0.3 is 0 Å². The third-order valence-corrected chi connectivity index (χ3v) is 6.89. The standard InChI is InChI=1S/C30H37FN6O3/c1-19(2)17-25-29(39)32-21(4)28-34-27(22-9-6-5-7-10-22)35-37(28)16-15-36(14-8-11-26(38)33-25)30(40)23-13-12-20(3)18-24(23)31/h5-7,9-10,12-13,18-19,21,25H,8,11,14-17H2,1-4H3,(H,32,39)(H,33,38)/t21-,25-/m1/s1. The molecule has 40 heavy (non-hydrogen) atoms. The van der Waals surface area contributed by atoms with E-state index in [0.29, 0.717) is 24.5 Å². The zero-order chi connectivity index (χ0) is 28.8. The summed E-state index contributed by atoms with van der Waals surface area (Å²) in [4.78, 5) is 45.8. The van der Waals surface area contributed by atoms with E-state index in [-0.39, 0.29) is 49.4 Å². The smallest absolute Gasteiger partial charge is 0.256 e. The van der Waals surface area contributed by atoms with Crippen molar-refractivity contribution in [1.82, 2.24) is 30.3 Å². The molecule has 1 aliphatic rings. The number of aryl methyl sites for hydroxylation is 1. The van der Waals surface area contributed by atoms with Crippen LogP contribution in [0.15, 0.2) is 48.5 Å². The van der Waals surface area contributed by atoms with Crippen molar-refractivity contribution in [2.24, 2.45) is 5.92 Å². The van der Waals surface area contributed by atoms with E-state index in [1.807, 2.05) is 51.1 Å². The second kappa shape index (κ2) is 12.8. The van der Waals surface area contributed by atoms with Crippen LogP contribution in [0.25, 0.3) is 11.4 Å². The number of nitrogens with one attached hydrogen (secondary N) is 2. The molecular weight excluding hydrogens is 511 g/mol. The Morgan fingerprint density at radius 2 is 1.82 bits per heavy atom. The van der Waals surface area contributed by atoms with Gasteiger partial charge in [-0.25, -0.2) is 14.1 Å². The number of fused-ring (bicyclic) bond motifs is 1. The van der Waals surface area contributed by atoms with Crippen LogP contribution in [0, 0.1) is 18.7 Å². The summed E-state index contributed by atoms with van der Waals surface area (Å²) < 4.78 is 16.4. The van der Waals surface area contributed by atoms with Crippen molar-refractivity contribution in [1.29, 1.82) is 0 Å². The first-order valence-electron chi connectivity index (χ1n) is 13.8. The number of nitrogens with zero attached hydrogens (tertiary/aromatic N) is 4. The number of carbonyl (C=O) groups excluding carboxylic acids is 3. The Labute approximate surface area is 234 Å². The topological polar surface area (TPSA) is 109 Å². The maximum absolute atomic E-state index is 14.7. The third-order valence-electron chi connectivity index (χ3n) is 6.89. The molecule has 0 unspecified atom stereocenters. The summed E-state index contributed by atoms with van der Waals surface area (Å²) in [7, 11) is 0. The average molecular weight is 549 g/mol. The Morgan fingerprint density at radius 3 is 2.52 bits per heavy atom. The fraction of sp³-hybridized carbons (Fsp3) is 0.433. The fourth-order valence-electron chi connectivity index (χ4n) is 4.82. The van der Waals surface area contributed by atoms with Gasteiger partial charge in [-0.3, -0.25) is 14.4 Å². The SMILES string of the molecule is Cc1ccc(C(=O)N2CCCC(=O)N[C@H](CC(C)C)C(=O)N[C@H](C)c3nc(-c4ccccc4)nn3CC2)c(F)c1. The molecule has 212 valence electrons. The van der Waals surface area contributed by atoms with Crippen molar-refractivity contribution in [3.05, 3.63) is 71.3 Å². The molecule has 9 nitrogen and oxygen atoms in total. The summed E-state index contributed by atoms with van der Waals surface area (Å²) in [5.74, 6) is -0.390. The molecule has 1 aliphatic heterocycles. The second-order valence-corrected chi connectivity index (χ2v) is 10.7. The first-order chi connectivity index (χ1) is 19.1. The van der Waals surface area contributed by atoms with E-state index in [9.17, 15) is 18.8 Å². The Hall–Kier alpha value is -4.08. The first kappa shape index (κ1) is 28.9. The van der Waals surface area contributed by atoms with E-state index >= 15 is 0 Å². The summed E-state index contributed by atoms with van der Waals surface area (Å²) in [6.07, 6.45) is 0.963. The van der Waals surface area contributed by atoms with E-state index in [4.69, 9.17) is 10.1 Å². The van der Waals surface area contributed by atoms with Gasteiger partial charge in [0.25, 0.3) is 5.91 Å². The molecule has 3 aromatic rings. The molecule has 1 aromatic heterocycles. The Bertz CT molecular complexity index is 1360. The molecule has 0 saturated heterocycles. The lowest BCUT2D eigenvalue weighted by molar-refractivity contribution is -0.129. The largest absolute Gasteiger partial charge is 0.345 e. The van der Waals surface area contributed by atoms with Crippen molar-refractivity contribution in [2.75, 3.05) is 13.1 Å². The molecule has 0 bridgehead atoms. The minimum absolute atomic E-state index is 0.0161. The lowest BCUT2D eigenvalue weighted by atomic mass is 10.0. The highest BCUT2D eigenvalue weighted by Crippen LogP contribution is 2.20. The number of amides is 3. The molecule has 0 spiro atoms. The van der Waals surface area contributed by atoms with Crippen molar-refractivity contribution >= 4 is 17.7 Å². The molecule has 0 fully saturated rings. The molecule has 0 radical (unpaired) electrons. The summed E-state index contributed by atoms with van der Waals surface area (Å²) >= 11 is 0. The molecule has 10 heteroatoms. The minimum Gasteiger partial charge on any atom is -0.345 e. The minimum atomic E-state index is -0.706. The van der Waals surface area contributed by atoms with Gasteiger partial charge in [-0.05, 0) is 50.3 Å². The monoisotopic (exact) mass is 548 g/mol. The van der Waals surface area contributed by atoms with E-state index in [0.717, 1.165) is 11.1 Å². The van der Waals surface area contributed by atoms with Crippen LogP contribution in [0.1, 0.15) is 67.8 Å². The van der Waals surface area contributed by atoms with Gasteiger partial charge in [0.05, 0.1) is 18.2 Å². The molecule has 4 rings (SSSR count). The van der Waals surface area contributed by atoms with Gasteiger partial charge < -0.3 is 15.5 Å². The fourth-order valence-corrected chi connectivity index (χ4v) is 4.82. The molecule has 2 heterocycles. The average Bonchev–Trinajstić information content (AvgIpc) is 3.34. The van der Waals surface area contributed by atoms with Crippen LogP contribution >= 0.6 is 0 Å². The van der Waals surface area contributed by atoms with E-state index in [2.05, 4.69) is 10.6 Å². The number of carbonyl (C=O) groups is 3. The van der Waals surface area contributed by atoms with Crippen LogP contribution in [0.5, 0.6) is 0 Å². The Kier molecular flexibility index (Phi) is 9.29. The van der Waals surface area contributed by atoms with Crippen LogP contribution in [0.2, 0.25) is 0 Å². The van der Waals surface area contributed by atoms with Crippen LogP contribution in [0.3, 0.4) is 0 Å². The van der Waals surface area contributed by atoms with Gasteiger partial charge in [0.15, 0.2) is 5.82 Å².